The van der Waals surface area contributed by atoms with Crippen LogP contribution in [0, 0.1) is 40.4 Å². The molecule has 13 atom stereocenters. The van der Waals surface area contributed by atoms with Crippen molar-refractivity contribution in [3.63, 3.8) is 0 Å². The molecule has 0 aromatic carbocycles. The summed E-state index contributed by atoms with van der Waals surface area (Å²) in [6.45, 7) is 9.59. The van der Waals surface area contributed by atoms with Crippen LogP contribution in [0.15, 0.2) is 0 Å². The Bertz CT molecular complexity index is 754. The van der Waals surface area contributed by atoms with Crippen LogP contribution in [-0.2, 0) is 0 Å². The van der Waals surface area contributed by atoms with E-state index in [1.807, 2.05) is 6.92 Å². The molecule has 4 rings (SSSR count). The first-order chi connectivity index (χ1) is 15.6. The van der Waals surface area contributed by atoms with Gasteiger partial charge in [0, 0.05) is 18.3 Å². The molecule has 0 aromatic rings. The zero-order valence-electron chi connectivity index (χ0n) is 21.6. The fraction of sp³-hybridized carbons (Fsp3) is 1.00. The summed E-state index contributed by atoms with van der Waals surface area (Å²) in [6.07, 6.45) is 0.270. The van der Waals surface area contributed by atoms with Crippen LogP contribution < -0.4 is 0 Å². The Kier molecular flexibility index (Phi) is 6.81. The summed E-state index contributed by atoms with van der Waals surface area (Å²) in [5.41, 5.74) is -3.21. The summed E-state index contributed by atoms with van der Waals surface area (Å²) >= 11 is 0. The number of fused-ring (bicyclic) bond motifs is 5. The van der Waals surface area contributed by atoms with Crippen molar-refractivity contribution in [2.45, 2.75) is 128 Å². The van der Waals surface area contributed by atoms with Gasteiger partial charge in [0.2, 0.25) is 0 Å². The van der Waals surface area contributed by atoms with Gasteiger partial charge in [0.1, 0.15) is 0 Å². The molecule has 7 heteroatoms. The maximum atomic E-state index is 12.3. The molecule has 0 spiro atoms. The number of hydrogen-bond acceptors (Lipinski definition) is 7. The summed E-state index contributed by atoms with van der Waals surface area (Å²) in [5.74, 6) is -0.656. The van der Waals surface area contributed by atoms with Crippen molar-refractivity contribution in [3.05, 3.63) is 0 Å². The number of aliphatic hydroxyl groups is 7. The van der Waals surface area contributed by atoms with Crippen molar-refractivity contribution in [3.8, 4) is 0 Å². The molecular formula is C27H48O7. The van der Waals surface area contributed by atoms with Crippen LogP contribution in [0.4, 0.5) is 0 Å². The number of rotatable bonds is 5. The van der Waals surface area contributed by atoms with Gasteiger partial charge in [-0.1, -0.05) is 20.8 Å². The topological polar surface area (TPSA) is 142 Å². The van der Waals surface area contributed by atoms with E-state index in [0.29, 0.717) is 25.7 Å². The van der Waals surface area contributed by atoms with Crippen molar-refractivity contribution >= 4 is 0 Å². The van der Waals surface area contributed by atoms with Gasteiger partial charge < -0.3 is 35.7 Å². The molecule has 7 nitrogen and oxygen atoms in total. The second-order valence-electron chi connectivity index (χ2n) is 13.6. The highest BCUT2D eigenvalue weighted by Gasteiger charge is 2.71. The maximum absolute atomic E-state index is 12.3. The third-order valence-electron chi connectivity index (χ3n) is 11.2. The van der Waals surface area contributed by atoms with Gasteiger partial charge in [-0.05, 0) is 87.4 Å². The molecule has 0 aromatic heterocycles. The van der Waals surface area contributed by atoms with E-state index in [2.05, 4.69) is 13.8 Å². The third kappa shape index (κ3) is 3.89. The van der Waals surface area contributed by atoms with Crippen molar-refractivity contribution < 1.29 is 35.7 Å². The molecule has 0 radical (unpaired) electrons. The Labute approximate surface area is 204 Å². The van der Waals surface area contributed by atoms with Crippen LogP contribution in [0.25, 0.3) is 0 Å². The Hall–Kier alpha value is -0.280. The van der Waals surface area contributed by atoms with Gasteiger partial charge in [-0.25, -0.2) is 0 Å². The van der Waals surface area contributed by atoms with E-state index in [4.69, 9.17) is 0 Å². The first-order valence-corrected chi connectivity index (χ1v) is 13.4. The van der Waals surface area contributed by atoms with Crippen molar-refractivity contribution in [1.29, 1.82) is 0 Å². The minimum atomic E-state index is -1.24. The predicted octanol–water partition coefficient (Wildman–Crippen LogP) is 1.58. The molecule has 7 N–H and O–H groups in total. The quantitative estimate of drug-likeness (QED) is 0.314. The molecule has 4 aliphatic carbocycles. The molecule has 0 saturated heterocycles. The highest BCUT2D eigenvalue weighted by Crippen LogP contribution is 2.69. The summed E-state index contributed by atoms with van der Waals surface area (Å²) in [4.78, 5) is 0. The van der Waals surface area contributed by atoms with E-state index in [1.54, 1.807) is 13.8 Å². The van der Waals surface area contributed by atoms with E-state index < -0.39 is 53.1 Å². The second-order valence-corrected chi connectivity index (χ2v) is 13.6. The molecule has 198 valence electrons. The fourth-order valence-corrected chi connectivity index (χ4v) is 9.49. The number of hydrogen-bond donors (Lipinski definition) is 7. The first-order valence-electron chi connectivity index (χ1n) is 13.4. The van der Waals surface area contributed by atoms with Crippen LogP contribution in [0.5, 0.6) is 0 Å². The lowest BCUT2D eigenvalue weighted by molar-refractivity contribution is -0.280. The van der Waals surface area contributed by atoms with E-state index in [-0.39, 0.29) is 35.5 Å². The minimum absolute atomic E-state index is 0.109. The summed E-state index contributed by atoms with van der Waals surface area (Å²) in [5, 5.41) is 76.3. The molecule has 0 bridgehead atoms. The van der Waals surface area contributed by atoms with E-state index in [9.17, 15) is 35.7 Å². The van der Waals surface area contributed by atoms with Gasteiger partial charge in [-0.15, -0.1) is 0 Å². The SMILES string of the molecule is CC(CCC(O)C(C)(C)O)C1CC(O)C2C1(C)CCC1C3(C)CCC(O)C(O)C3C(O)CC12O. The molecule has 4 saturated carbocycles. The Balaban J connectivity index is 1.60. The molecular weight excluding hydrogens is 436 g/mol. The van der Waals surface area contributed by atoms with E-state index >= 15 is 0 Å². The highest BCUT2D eigenvalue weighted by atomic mass is 16.3. The largest absolute Gasteiger partial charge is 0.393 e. The monoisotopic (exact) mass is 484 g/mol. The van der Waals surface area contributed by atoms with E-state index in [0.717, 1.165) is 19.3 Å². The maximum Gasteiger partial charge on any atom is 0.0857 e. The van der Waals surface area contributed by atoms with Gasteiger partial charge in [0.25, 0.3) is 0 Å². The molecule has 4 fully saturated rings. The van der Waals surface area contributed by atoms with E-state index in [1.165, 1.54) is 0 Å². The zero-order valence-corrected chi connectivity index (χ0v) is 21.6. The lowest BCUT2D eigenvalue weighted by atomic mass is 9.41. The Morgan fingerprint density at radius 2 is 1.53 bits per heavy atom. The molecule has 0 aliphatic heterocycles. The Morgan fingerprint density at radius 1 is 0.912 bits per heavy atom. The number of aliphatic hydroxyl groups excluding tert-OH is 5. The second kappa shape index (κ2) is 8.64. The van der Waals surface area contributed by atoms with Crippen LogP contribution in [0.3, 0.4) is 0 Å². The van der Waals surface area contributed by atoms with Gasteiger partial charge in [0.05, 0.1) is 41.7 Å². The minimum Gasteiger partial charge on any atom is -0.393 e. The first kappa shape index (κ1) is 26.8. The standard InChI is InChI=1S/C27H48O7/c1-14(6-7-20(31)24(2,3)33)15-12-17(29)23-25(15,4)11-9-19-26(5)10-8-16(28)22(32)21(26)18(30)13-27(19,23)34/h14-23,28-34H,6-13H2,1-5H3. The summed E-state index contributed by atoms with van der Waals surface area (Å²) in [6, 6.07) is 0. The van der Waals surface area contributed by atoms with Crippen LogP contribution in [-0.4, -0.2) is 77.5 Å². The molecule has 0 heterocycles. The average molecular weight is 485 g/mol. The van der Waals surface area contributed by atoms with Crippen LogP contribution in [0.2, 0.25) is 0 Å². The fourth-order valence-electron chi connectivity index (χ4n) is 9.49. The summed E-state index contributed by atoms with van der Waals surface area (Å²) in [7, 11) is 0. The molecule has 0 amide bonds. The highest BCUT2D eigenvalue weighted by molar-refractivity contribution is 5.20. The molecule has 4 aliphatic rings. The summed E-state index contributed by atoms with van der Waals surface area (Å²) < 4.78 is 0. The van der Waals surface area contributed by atoms with Gasteiger partial charge in [-0.3, -0.25) is 0 Å². The smallest absolute Gasteiger partial charge is 0.0857 e. The van der Waals surface area contributed by atoms with Gasteiger partial charge in [0.15, 0.2) is 0 Å². The Morgan fingerprint density at radius 3 is 2.15 bits per heavy atom. The normalized spacial score (nSPS) is 52.9. The lowest BCUT2D eigenvalue weighted by Gasteiger charge is -2.66. The van der Waals surface area contributed by atoms with Crippen molar-refractivity contribution in [2.24, 2.45) is 40.4 Å². The van der Waals surface area contributed by atoms with Crippen molar-refractivity contribution in [1.82, 2.24) is 0 Å². The van der Waals surface area contributed by atoms with Crippen LogP contribution >= 0.6 is 0 Å². The van der Waals surface area contributed by atoms with Crippen LogP contribution in [0.1, 0.15) is 86.0 Å². The molecule has 13 unspecified atom stereocenters. The van der Waals surface area contributed by atoms with Crippen molar-refractivity contribution in [2.75, 3.05) is 0 Å². The average Bonchev–Trinajstić information content (AvgIpc) is 2.99. The predicted molar refractivity (Wildman–Crippen MR) is 128 cm³/mol. The lowest BCUT2D eigenvalue weighted by Crippen LogP contribution is -2.70. The van der Waals surface area contributed by atoms with Gasteiger partial charge >= 0.3 is 0 Å². The zero-order chi connectivity index (χ0) is 25.4. The third-order valence-corrected chi connectivity index (χ3v) is 11.2. The van der Waals surface area contributed by atoms with Gasteiger partial charge in [-0.2, -0.15) is 0 Å². The molecule has 34 heavy (non-hydrogen) atoms.